The number of rotatable bonds is 6. The molecule has 0 aliphatic rings. The van der Waals surface area contributed by atoms with Gasteiger partial charge in [-0.25, -0.2) is 0 Å². The first-order valence-corrected chi connectivity index (χ1v) is 5.83. The summed E-state index contributed by atoms with van der Waals surface area (Å²) in [6.45, 7) is 5.75. The van der Waals surface area contributed by atoms with Crippen molar-refractivity contribution in [2.75, 3.05) is 0 Å². The average Bonchev–Trinajstić information content (AvgIpc) is 2.22. The maximum Gasteiger partial charge on any atom is 0.230 e. The van der Waals surface area contributed by atoms with Crippen molar-refractivity contribution in [3.63, 3.8) is 0 Å². The molecule has 0 rings (SSSR count). The molecule has 0 fully saturated rings. The van der Waals surface area contributed by atoms with Crippen LogP contribution in [-0.2, 0) is 19.2 Å². The van der Waals surface area contributed by atoms with E-state index in [1.807, 2.05) is 0 Å². The van der Waals surface area contributed by atoms with Gasteiger partial charge in [0.15, 0.2) is 0 Å². The summed E-state index contributed by atoms with van der Waals surface area (Å²) < 4.78 is 0. The van der Waals surface area contributed by atoms with Gasteiger partial charge in [0.2, 0.25) is 17.7 Å². The minimum Gasteiger partial charge on any atom is -0.369 e. The van der Waals surface area contributed by atoms with Crippen LogP contribution in [0.5, 0.6) is 0 Å². The van der Waals surface area contributed by atoms with Gasteiger partial charge in [0.1, 0.15) is 5.78 Å². The molecular formula is C16H36N2O4. The summed E-state index contributed by atoms with van der Waals surface area (Å²) in [4.78, 5) is 45.4. The maximum absolute atomic E-state index is 11.7. The summed E-state index contributed by atoms with van der Waals surface area (Å²) in [5.74, 6) is -4.23. The lowest BCUT2D eigenvalue weighted by Crippen LogP contribution is -2.44. The Morgan fingerprint density at radius 3 is 1.64 bits per heavy atom. The van der Waals surface area contributed by atoms with Crippen LogP contribution in [0.2, 0.25) is 0 Å². The van der Waals surface area contributed by atoms with Gasteiger partial charge in [0, 0.05) is 24.7 Å². The summed E-state index contributed by atoms with van der Waals surface area (Å²) >= 11 is 0. The number of hydrogen-bond acceptors (Lipinski definition) is 4. The Balaban J connectivity index is -0.000000241. The molecule has 0 aromatic carbocycles. The molecular weight excluding hydrogens is 284 g/mol. The number of imide groups is 1. The van der Waals surface area contributed by atoms with Crippen molar-refractivity contribution in [1.29, 1.82) is 0 Å². The summed E-state index contributed by atoms with van der Waals surface area (Å²) in [5, 5.41) is 2.11. The third-order valence-electron chi connectivity index (χ3n) is 2.96. The number of hydrogen-bond donors (Lipinski definition) is 2. The van der Waals surface area contributed by atoms with Gasteiger partial charge < -0.3 is 5.73 Å². The molecule has 3 unspecified atom stereocenters. The zero-order valence-electron chi connectivity index (χ0n) is 11.1. The molecule has 0 heterocycles. The molecule has 0 aromatic rings. The van der Waals surface area contributed by atoms with Crippen molar-refractivity contribution in [3.8, 4) is 0 Å². The smallest absolute Gasteiger partial charge is 0.230 e. The topological polar surface area (TPSA) is 106 Å². The molecule has 0 saturated carbocycles. The highest BCUT2D eigenvalue weighted by Crippen LogP contribution is 2.25. The van der Waals surface area contributed by atoms with Crippen molar-refractivity contribution >= 4 is 23.5 Å². The van der Waals surface area contributed by atoms with E-state index in [9.17, 15) is 19.2 Å². The normalized spacial score (nSPS) is 12.5. The average molecular weight is 320 g/mol. The van der Waals surface area contributed by atoms with E-state index in [1.54, 1.807) is 6.92 Å². The molecule has 3 amide bonds. The van der Waals surface area contributed by atoms with Crippen molar-refractivity contribution in [3.05, 3.63) is 0 Å². The molecule has 0 saturated heterocycles. The Morgan fingerprint density at radius 2 is 1.41 bits per heavy atom. The number of nitrogens with two attached hydrogens (primary N) is 1. The van der Waals surface area contributed by atoms with Gasteiger partial charge in [-0.15, -0.1) is 0 Å². The number of amides is 3. The fourth-order valence-electron chi connectivity index (χ4n) is 2.07. The number of ketones is 1. The molecule has 0 bridgehead atoms. The van der Waals surface area contributed by atoms with Gasteiger partial charge in [0.05, 0.1) is 0 Å². The fraction of sp³-hybridized carbons (Fsp3) is 0.750. The molecule has 6 nitrogen and oxygen atoms in total. The Labute approximate surface area is 136 Å². The molecule has 0 aliphatic heterocycles. The lowest BCUT2D eigenvalue weighted by Gasteiger charge is -2.26. The molecule has 6 heteroatoms. The number of carbonyl (C=O) groups is 4. The van der Waals surface area contributed by atoms with Crippen LogP contribution in [0, 0.1) is 17.8 Å². The van der Waals surface area contributed by atoms with E-state index in [2.05, 4.69) is 5.32 Å². The minimum atomic E-state index is -0.799. The van der Waals surface area contributed by atoms with Crippen LogP contribution in [0.15, 0.2) is 0 Å². The van der Waals surface area contributed by atoms with Gasteiger partial charge in [0.25, 0.3) is 0 Å². The summed E-state index contributed by atoms with van der Waals surface area (Å²) in [6.07, 6.45) is 0.372. The van der Waals surface area contributed by atoms with E-state index in [-0.39, 0.29) is 35.5 Å². The zero-order chi connectivity index (χ0) is 14.5. The van der Waals surface area contributed by atoms with Crippen LogP contribution in [0.25, 0.3) is 0 Å². The Kier molecular flexibility index (Phi) is 20.9. The van der Waals surface area contributed by atoms with Crippen LogP contribution >= 0.6 is 0 Å². The first kappa shape index (κ1) is 32.3. The van der Waals surface area contributed by atoms with Crippen LogP contribution in [0.4, 0.5) is 0 Å². The highest BCUT2D eigenvalue weighted by atomic mass is 16.2. The summed E-state index contributed by atoms with van der Waals surface area (Å²) in [7, 11) is 0. The van der Waals surface area contributed by atoms with Gasteiger partial charge in [-0.2, -0.15) is 0 Å². The lowest BCUT2D eigenvalue weighted by molar-refractivity contribution is -0.139. The second-order valence-corrected chi connectivity index (χ2v) is 4.39. The fourth-order valence-corrected chi connectivity index (χ4v) is 2.07. The van der Waals surface area contributed by atoms with Crippen LogP contribution < -0.4 is 11.1 Å². The van der Waals surface area contributed by atoms with Crippen LogP contribution in [-0.4, -0.2) is 23.5 Å². The molecule has 0 spiro atoms. The largest absolute Gasteiger partial charge is 0.369 e. The van der Waals surface area contributed by atoms with E-state index in [0.29, 0.717) is 6.42 Å². The number of primary amides is 1. The summed E-state index contributed by atoms with van der Waals surface area (Å²) in [6, 6.07) is 0. The standard InChI is InChI=1S/C12H20N2O4.4CH4/c1-5-9(11(13)17)10(7(3)15)6(2)12(18)14-8(4)16;;;;/h6,9-10H,5H2,1-4H3,(H2,13,17)(H,14,16,18);4*1H4. The summed E-state index contributed by atoms with van der Waals surface area (Å²) in [5.41, 5.74) is 5.24. The van der Waals surface area contributed by atoms with E-state index < -0.39 is 35.5 Å². The number of nitrogens with one attached hydrogen (secondary N) is 1. The lowest BCUT2D eigenvalue weighted by atomic mass is 9.77. The molecule has 0 aromatic heterocycles. The van der Waals surface area contributed by atoms with Crippen LogP contribution in [0.1, 0.15) is 63.8 Å². The molecule has 22 heavy (non-hydrogen) atoms. The Bertz CT molecular complexity index is 367. The van der Waals surface area contributed by atoms with Gasteiger partial charge in [-0.3, -0.25) is 24.5 Å². The highest BCUT2D eigenvalue weighted by Gasteiger charge is 2.36. The van der Waals surface area contributed by atoms with E-state index in [1.165, 1.54) is 20.8 Å². The van der Waals surface area contributed by atoms with Crippen molar-refractivity contribution in [2.24, 2.45) is 23.5 Å². The van der Waals surface area contributed by atoms with Crippen molar-refractivity contribution in [2.45, 2.75) is 63.8 Å². The van der Waals surface area contributed by atoms with Crippen molar-refractivity contribution in [1.82, 2.24) is 5.32 Å². The predicted octanol–water partition coefficient (Wildman–Crippen LogP) is 2.55. The molecule has 3 atom stereocenters. The SMILES string of the molecule is C.C.C.C.CCC(C(N)=O)C(C(C)=O)C(C)C(=O)NC(C)=O. The predicted molar refractivity (Wildman–Crippen MR) is 92.1 cm³/mol. The molecule has 134 valence electrons. The third-order valence-corrected chi connectivity index (χ3v) is 2.96. The van der Waals surface area contributed by atoms with Gasteiger partial charge in [-0.05, 0) is 13.3 Å². The quantitative estimate of drug-likeness (QED) is 0.784. The Hall–Kier alpha value is -1.72. The molecule has 0 aliphatic carbocycles. The van der Waals surface area contributed by atoms with Crippen LogP contribution in [0.3, 0.4) is 0 Å². The monoisotopic (exact) mass is 320 g/mol. The zero-order valence-corrected chi connectivity index (χ0v) is 11.1. The third kappa shape index (κ3) is 9.26. The first-order chi connectivity index (χ1) is 8.22. The second-order valence-electron chi connectivity index (χ2n) is 4.39. The van der Waals surface area contributed by atoms with Crippen molar-refractivity contribution < 1.29 is 19.2 Å². The van der Waals surface area contributed by atoms with E-state index in [4.69, 9.17) is 5.73 Å². The van der Waals surface area contributed by atoms with Gasteiger partial charge >= 0.3 is 0 Å². The highest BCUT2D eigenvalue weighted by molar-refractivity contribution is 5.98. The van der Waals surface area contributed by atoms with Gasteiger partial charge in [-0.1, -0.05) is 43.6 Å². The van der Waals surface area contributed by atoms with E-state index in [0.717, 1.165) is 0 Å². The number of carbonyl (C=O) groups excluding carboxylic acids is 4. The maximum atomic E-state index is 11.7. The Morgan fingerprint density at radius 1 is 1.00 bits per heavy atom. The molecule has 0 radical (unpaired) electrons. The minimum absolute atomic E-state index is 0. The first-order valence-electron chi connectivity index (χ1n) is 5.83. The molecule has 3 N–H and O–H groups in total. The second kappa shape index (κ2) is 14.2. The number of Topliss-reactive ketones (excluding diaryl/α,β-unsaturated/α-hetero) is 1. The van der Waals surface area contributed by atoms with E-state index >= 15 is 0 Å².